The smallest absolute Gasteiger partial charge is 0.241 e. The van der Waals surface area contributed by atoms with E-state index in [0.717, 1.165) is 18.8 Å². The average Bonchev–Trinajstić information content (AvgIpc) is 2.32. The summed E-state index contributed by atoms with van der Waals surface area (Å²) in [5.41, 5.74) is 2.29. The molecule has 1 aromatic rings. The first kappa shape index (κ1) is 10.2. The van der Waals surface area contributed by atoms with E-state index in [-0.39, 0.29) is 5.91 Å². The minimum atomic E-state index is 0.185. The van der Waals surface area contributed by atoms with Gasteiger partial charge in [0.05, 0.1) is 6.54 Å². The first-order valence-corrected chi connectivity index (χ1v) is 5.29. The van der Waals surface area contributed by atoms with E-state index in [1.54, 1.807) is 0 Å². The summed E-state index contributed by atoms with van der Waals surface area (Å²) >= 11 is 0. The lowest BCUT2D eigenvalue weighted by Gasteiger charge is -2.20. The Labute approximate surface area is 90.3 Å². The molecule has 0 aliphatic carbocycles. The highest BCUT2D eigenvalue weighted by Crippen LogP contribution is 2.24. The lowest BCUT2D eigenvalue weighted by molar-refractivity contribution is -0.119. The molecule has 0 fully saturated rings. The number of para-hydroxylation sites is 1. The SMILES string of the molecule is CCN1C(=O)CN(C)Cc2ccccc21. The zero-order valence-electron chi connectivity index (χ0n) is 9.23. The monoisotopic (exact) mass is 204 g/mol. The van der Waals surface area contributed by atoms with Gasteiger partial charge < -0.3 is 4.90 Å². The number of anilines is 1. The highest BCUT2D eigenvalue weighted by molar-refractivity contribution is 5.96. The van der Waals surface area contributed by atoms with Crippen molar-refractivity contribution in [1.82, 2.24) is 4.90 Å². The van der Waals surface area contributed by atoms with Gasteiger partial charge in [0.15, 0.2) is 0 Å². The normalized spacial score (nSPS) is 17.5. The Kier molecular flexibility index (Phi) is 2.73. The van der Waals surface area contributed by atoms with Gasteiger partial charge in [-0.25, -0.2) is 0 Å². The molecule has 3 nitrogen and oxygen atoms in total. The summed E-state index contributed by atoms with van der Waals surface area (Å²) < 4.78 is 0. The molecule has 1 aliphatic heterocycles. The predicted octanol–water partition coefficient (Wildman–Crippen LogP) is 1.48. The number of rotatable bonds is 1. The number of carbonyl (C=O) groups is 1. The first-order valence-electron chi connectivity index (χ1n) is 5.29. The first-order chi connectivity index (χ1) is 7.22. The van der Waals surface area contributed by atoms with Gasteiger partial charge in [0, 0.05) is 18.8 Å². The van der Waals surface area contributed by atoms with Crippen molar-refractivity contribution in [3.63, 3.8) is 0 Å². The summed E-state index contributed by atoms with van der Waals surface area (Å²) in [6.07, 6.45) is 0. The maximum atomic E-state index is 11.9. The lowest BCUT2D eigenvalue weighted by atomic mass is 10.1. The van der Waals surface area contributed by atoms with Gasteiger partial charge in [-0.2, -0.15) is 0 Å². The highest BCUT2D eigenvalue weighted by Gasteiger charge is 2.22. The number of benzene rings is 1. The van der Waals surface area contributed by atoms with E-state index in [1.807, 2.05) is 37.1 Å². The third-order valence-corrected chi connectivity index (χ3v) is 2.75. The average molecular weight is 204 g/mol. The third-order valence-electron chi connectivity index (χ3n) is 2.75. The third kappa shape index (κ3) is 1.88. The fraction of sp³-hybridized carbons (Fsp3) is 0.417. The van der Waals surface area contributed by atoms with Crippen LogP contribution in [0, 0.1) is 0 Å². The van der Waals surface area contributed by atoms with Crippen LogP contribution in [0.1, 0.15) is 12.5 Å². The summed E-state index contributed by atoms with van der Waals surface area (Å²) in [6.45, 7) is 4.10. The van der Waals surface area contributed by atoms with Crippen LogP contribution in [0.3, 0.4) is 0 Å². The molecule has 3 heteroatoms. The molecular formula is C12H16N2O. The number of hydrogen-bond donors (Lipinski definition) is 0. The molecule has 0 aromatic heterocycles. The molecule has 1 aliphatic rings. The number of carbonyl (C=O) groups excluding carboxylic acids is 1. The Hall–Kier alpha value is -1.35. The number of fused-ring (bicyclic) bond motifs is 1. The van der Waals surface area contributed by atoms with Gasteiger partial charge in [0.2, 0.25) is 5.91 Å². The van der Waals surface area contributed by atoms with Crippen molar-refractivity contribution in [3.05, 3.63) is 29.8 Å². The number of nitrogens with zero attached hydrogens (tertiary/aromatic N) is 2. The van der Waals surface area contributed by atoms with E-state index in [0.29, 0.717) is 6.54 Å². The molecule has 0 saturated carbocycles. The van der Waals surface area contributed by atoms with Crippen LogP contribution in [0.25, 0.3) is 0 Å². The molecule has 0 N–H and O–H groups in total. The molecule has 0 spiro atoms. The second-order valence-corrected chi connectivity index (χ2v) is 3.94. The summed E-state index contributed by atoms with van der Waals surface area (Å²) in [5.74, 6) is 0.185. The van der Waals surface area contributed by atoms with E-state index in [2.05, 4.69) is 11.0 Å². The Morgan fingerprint density at radius 1 is 1.27 bits per heavy atom. The summed E-state index contributed by atoms with van der Waals surface area (Å²) in [4.78, 5) is 15.8. The van der Waals surface area contributed by atoms with Crippen LogP contribution in [0.2, 0.25) is 0 Å². The fourth-order valence-electron chi connectivity index (χ4n) is 2.05. The van der Waals surface area contributed by atoms with Crippen LogP contribution in [0.4, 0.5) is 5.69 Å². The second kappa shape index (κ2) is 4.03. The Morgan fingerprint density at radius 2 is 2.00 bits per heavy atom. The topological polar surface area (TPSA) is 23.6 Å². The second-order valence-electron chi connectivity index (χ2n) is 3.94. The number of likely N-dealkylation sites (N-methyl/N-ethyl adjacent to an activating group) is 2. The molecular weight excluding hydrogens is 188 g/mol. The van der Waals surface area contributed by atoms with Gasteiger partial charge in [0.1, 0.15) is 0 Å². The van der Waals surface area contributed by atoms with Crippen molar-refractivity contribution >= 4 is 11.6 Å². The largest absolute Gasteiger partial charge is 0.311 e. The maximum absolute atomic E-state index is 11.9. The van der Waals surface area contributed by atoms with E-state index in [9.17, 15) is 4.79 Å². The quantitative estimate of drug-likeness (QED) is 0.692. The van der Waals surface area contributed by atoms with Gasteiger partial charge >= 0.3 is 0 Å². The zero-order valence-corrected chi connectivity index (χ0v) is 9.23. The van der Waals surface area contributed by atoms with Crippen molar-refractivity contribution in [1.29, 1.82) is 0 Å². The molecule has 0 bridgehead atoms. The standard InChI is InChI=1S/C12H16N2O/c1-3-14-11-7-5-4-6-10(11)8-13(2)9-12(14)15/h4-7H,3,8-9H2,1-2H3. The van der Waals surface area contributed by atoms with Crippen molar-refractivity contribution in [2.45, 2.75) is 13.5 Å². The summed E-state index contributed by atoms with van der Waals surface area (Å²) in [6, 6.07) is 8.12. The van der Waals surface area contributed by atoms with E-state index < -0.39 is 0 Å². The maximum Gasteiger partial charge on any atom is 0.241 e. The van der Waals surface area contributed by atoms with E-state index in [1.165, 1.54) is 5.56 Å². The van der Waals surface area contributed by atoms with Gasteiger partial charge in [0.25, 0.3) is 0 Å². The minimum absolute atomic E-state index is 0.185. The van der Waals surface area contributed by atoms with Crippen LogP contribution in [0.15, 0.2) is 24.3 Å². The van der Waals surface area contributed by atoms with E-state index >= 15 is 0 Å². The van der Waals surface area contributed by atoms with Crippen LogP contribution in [-0.4, -0.2) is 30.9 Å². The van der Waals surface area contributed by atoms with Crippen LogP contribution in [0.5, 0.6) is 0 Å². The molecule has 2 rings (SSSR count). The molecule has 0 unspecified atom stereocenters. The van der Waals surface area contributed by atoms with Crippen molar-refractivity contribution in [2.24, 2.45) is 0 Å². The fourth-order valence-corrected chi connectivity index (χ4v) is 2.05. The van der Waals surface area contributed by atoms with Crippen LogP contribution < -0.4 is 4.90 Å². The summed E-state index contributed by atoms with van der Waals surface area (Å²) in [5, 5.41) is 0. The molecule has 0 atom stereocenters. The lowest BCUT2D eigenvalue weighted by Crippen LogP contribution is -2.35. The predicted molar refractivity (Wildman–Crippen MR) is 60.8 cm³/mol. The van der Waals surface area contributed by atoms with Gasteiger partial charge in [-0.3, -0.25) is 9.69 Å². The van der Waals surface area contributed by atoms with Crippen molar-refractivity contribution in [3.8, 4) is 0 Å². The Balaban J connectivity index is 2.46. The Morgan fingerprint density at radius 3 is 2.73 bits per heavy atom. The molecule has 80 valence electrons. The zero-order chi connectivity index (χ0) is 10.8. The van der Waals surface area contributed by atoms with Crippen LogP contribution >= 0.6 is 0 Å². The van der Waals surface area contributed by atoms with Crippen molar-refractivity contribution < 1.29 is 4.79 Å². The number of amides is 1. The molecule has 1 amide bonds. The van der Waals surface area contributed by atoms with Gasteiger partial charge in [-0.1, -0.05) is 18.2 Å². The van der Waals surface area contributed by atoms with Crippen molar-refractivity contribution in [2.75, 3.05) is 25.0 Å². The molecule has 15 heavy (non-hydrogen) atoms. The molecule has 0 saturated heterocycles. The number of hydrogen-bond acceptors (Lipinski definition) is 2. The minimum Gasteiger partial charge on any atom is -0.311 e. The van der Waals surface area contributed by atoms with Gasteiger partial charge in [-0.05, 0) is 25.6 Å². The Bertz CT molecular complexity index is 376. The van der Waals surface area contributed by atoms with Crippen LogP contribution in [-0.2, 0) is 11.3 Å². The highest BCUT2D eigenvalue weighted by atomic mass is 16.2. The molecule has 1 heterocycles. The van der Waals surface area contributed by atoms with Gasteiger partial charge in [-0.15, -0.1) is 0 Å². The molecule has 0 radical (unpaired) electrons. The summed E-state index contributed by atoms with van der Waals surface area (Å²) in [7, 11) is 1.98. The van der Waals surface area contributed by atoms with E-state index in [4.69, 9.17) is 0 Å². The molecule has 1 aromatic carbocycles.